The zero-order valence-corrected chi connectivity index (χ0v) is 28.4. The van der Waals surface area contributed by atoms with E-state index in [9.17, 15) is 19.2 Å². The van der Waals surface area contributed by atoms with E-state index in [1.54, 1.807) is 26.0 Å². The number of esters is 2. The Morgan fingerprint density at radius 3 is 1.13 bits per heavy atom. The number of benzene rings is 4. The summed E-state index contributed by atoms with van der Waals surface area (Å²) in [6, 6.07) is 35.2. The van der Waals surface area contributed by atoms with Crippen LogP contribution in [-0.2, 0) is 23.9 Å². The lowest BCUT2D eigenvalue weighted by Gasteiger charge is -2.06. The molecule has 8 nitrogen and oxygen atoms in total. The van der Waals surface area contributed by atoms with Gasteiger partial charge in [0, 0.05) is 5.56 Å². The van der Waals surface area contributed by atoms with Crippen molar-refractivity contribution in [3.05, 3.63) is 121 Å². The van der Waals surface area contributed by atoms with E-state index >= 15 is 0 Å². The van der Waals surface area contributed by atoms with Crippen LogP contribution in [-0.4, -0.2) is 47.6 Å². The highest BCUT2D eigenvalue weighted by Gasteiger charge is 2.17. The van der Waals surface area contributed by atoms with Crippen LogP contribution in [0.4, 0.5) is 0 Å². The Morgan fingerprint density at radius 1 is 0.533 bits per heavy atom. The molecule has 0 aromatic heterocycles. The zero-order chi connectivity index (χ0) is 33.5. The fourth-order valence-electron chi connectivity index (χ4n) is 2.91. The molecule has 0 N–H and O–H groups in total. The Balaban J connectivity index is 0.000000346. The van der Waals surface area contributed by atoms with Crippen LogP contribution in [0.2, 0.25) is 0 Å². The number of Topliss-reactive ketones (excluding diaryl/α,β-unsaturated/α-hetero) is 1. The first-order valence-corrected chi connectivity index (χ1v) is 18.8. The van der Waals surface area contributed by atoms with Gasteiger partial charge in [-0.3, -0.25) is 9.59 Å². The van der Waals surface area contributed by atoms with Crippen molar-refractivity contribution in [3.63, 3.8) is 0 Å². The molecule has 0 aliphatic carbocycles. The average molecular weight is 710 g/mol. The van der Waals surface area contributed by atoms with Crippen molar-refractivity contribution in [2.24, 2.45) is 0 Å². The van der Waals surface area contributed by atoms with Gasteiger partial charge in [-0.15, -0.1) is 0 Å². The molecule has 0 aliphatic rings. The molecule has 4 aromatic rings. The minimum absolute atomic E-state index is 0.178. The fourth-order valence-corrected chi connectivity index (χ4v) is 2.97. The number of hydrogen-bond donors (Lipinski definition) is 0. The average Bonchev–Trinajstić information content (AvgIpc) is 3.03. The molecule has 4 rings (SSSR count). The summed E-state index contributed by atoms with van der Waals surface area (Å²) in [6.45, 7) is 3.61. The van der Waals surface area contributed by atoms with E-state index in [0.717, 1.165) is 11.5 Å². The summed E-state index contributed by atoms with van der Waals surface area (Å²) in [6.07, 6.45) is 0. The minimum atomic E-state index is -1.72. The summed E-state index contributed by atoms with van der Waals surface area (Å²) in [5.74, 6) is 0.549. The SMILES string of the molecule is CCOC(=O)C(=O)Cl.CCOC(=O)C(=O)c1ccc(Oc2ccccc2)cc1.[Cl][Al]([Cl])[Cl].c1ccc(Oc2ccccc2)cc1. The van der Waals surface area contributed by atoms with Crippen molar-refractivity contribution >= 4 is 76.1 Å². The molecule has 13 heteroatoms. The largest absolute Gasteiger partial charge is 0.643 e. The molecule has 45 heavy (non-hydrogen) atoms. The lowest BCUT2D eigenvalue weighted by molar-refractivity contribution is -0.149. The van der Waals surface area contributed by atoms with E-state index in [-0.39, 0.29) is 18.8 Å². The van der Waals surface area contributed by atoms with Crippen molar-refractivity contribution in [1.29, 1.82) is 0 Å². The molecule has 0 saturated heterocycles. The van der Waals surface area contributed by atoms with Gasteiger partial charge >= 0.3 is 28.6 Å². The lowest BCUT2D eigenvalue weighted by Crippen LogP contribution is -2.17. The highest BCUT2D eigenvalue weighted by molar-refractivity contribution is 7.54. The van der Waals surface area contributed by atoms with E-state index in [1.807, 2.05) is 91.0 Å². The van der Waals surface area contributed by atoms with E-state index in [1.165, 1.54) is 12.1 Å². The smallest absolute Gasteiger partial charge is 0.460 e. The highest BCUT2D eigenvalue weighted by Crippen LogP contribution is 2.21. The first-order valence-electron chi connectivity index (χ1n) is 13.2. The van der Waals surface area contributed by atoms with Gasteiger partial charge in [-0.25, -0.2) is 39.7 Å². The molecular formula is C32H29AlCl4O8. The van der Waals surface area contributed by atoms with E-state index in [2.05, 4.69) is 9.47 Å². The third-order valence-electron chi connectivity index (χ3n) is 4.71. The number of ether oxygens (including phenoxy) is 4. The summed E-state index contributed by atoms with van der Waals surface area (Å²) >= 11 is 2.97. The lowest BCUT2D eigenvalue weighted by atomic mass is 10.1. The van der Waals surface area contributed by atoms with Crippen molar-refractivity contribution in [2.75, 3.05) is 13.2 Å². The van der Waals surface area contributed by atoms with E-state index < -0.39 is 34.3 Å². The monoisotopic (exact) mass is 708 g/mol. The minimum Gasteiger partial charge on any atom is -0.460 e. The van der Waals surface area contributed by atoms with Crippen molar-refractivity contribution in [2.45, 2.75) is 13.8 Å². The van der Waals surface area contributed by atoms with Crippen LogP contribution < -0.4 is 9.47 Å². The first-order chi connectivity index (χ1) is 21.6. The van der Waals surface area contributed by atoms with Crippen molar-refractivity contribution < 1.29 is 38.1 Å². The molecule has 0 saturated carbocycles. The standard InChI is InChI=1S/C16H14O4.C12H10O.C4H5ClO3.Al.3ClH/c1-2-19-16(18)15(17)12-8-10-14(11-9-12)20-13-6-4-3-5-7-13;1-3-7-11(8-4-1)13-12-9-5-2-6-10-12;1-2-8-4(7)3(5)6;;;;/h3-11H,2H2,1H3;1-10H;2H2,1H3;;3*1H/q;;;+3;;;/p-3. The second kappa shape index (κ2) is 23.8. The zero-order valence-electron chi connectivity index (χ0n) is 24.2. The topological polar surface area (TPSA) is 105 Å². The Kier molecular flexibility index (Phi) is 20.9. The van der Waals surface area contributed by atoms with Gasteiger partial charge in [0.05, 0.1) is 13.2 Å². The number of hydrogen-bond acceptors (Lipinski definition) is 8. The van der Waals surface area contributed by atoms with Crippen LogP contribution >= 0.6 is 41.7 Å². The van der Waals surface area contributed by atoms with Crippen LogP contribution in [0, 0.1) is 0 Å². The van der Waals surface area contributed by atoms with Gasteiger partial charge in [0.1, 0.15) is 23.0 Å². The van der Waals surface area contributed by atoms with Crippen LogP contribution in [0.3, 0.4) is 0 Å². The number of ketones is 1. The Morgan fingerprint density at radius 2 is 0.844 bits per heavy atom. The predicted octanol–water partition coefficient (Wildman–Crippen LogP) is 8.71. The van der Waals surface area contributed by atoms with Crippen molar-refractivity contribution in [1.82, 2.24) is 0 Å². The third kappa shape index (κ3) is 18.8. The fraction of sp³-hybridized carbons (Fsp3) is 0.125. The quantitative estimate of drug-likeness (QED) is 0.0559. The number of rotatable bonds is 9. The third-order valence-corrected chi connectivity index (χ3v) is 4.87. The van der Waals surface area contributed by atoms with Crippen LogP contribution in [0.15, 0.2) is 115 Å². The van der Waals surface area contributed by atoms with Gasteiger partial charge in [-0.2, -0.15) is 0 Å². The van der Waals surface area contributed by atoms with Gasteiger partial charge in [0.15, 0.2) is 0 Å². The first kappa shape index (κ1) is 39.5. The van der Waals surface area contributed by atoms with Crippen LogP contribution in [0.1, 0.15) is 24.2 Å². The molecule has 4 aromatic carbocycles. The van der Waals surface area contributed by atoms with Gasteiger partial charge in [-0.1, -0.05) is 54.6 Å². The van der Waals surface area contributed by atoms with E-state index in [0.29, 0.717) is 11.5 Å². The van der Waals surface area contributed by atoms with Gasteiger partial charge < -0.3 is 18.9 Å². The van der Waals surface area contributed by atoms with Crippen molar-refractivity contribution in [3.8, 4) is 23.0 Å². The molecule has 0 unspecified atom stereocenters. The number of halogens is 4. The summed E-state index contributed by atoms with van der Waals surface area (Å²) in [5, 5.41) is -1.08. The molecule has 0 heterocycles. The van der Waals surface area contributed by atoms with Crippen LogP contribution in [0.5, 0.6) is 23.0 Å². The van der Waals surface area contributed by atoms with Gasteiger partial charge in [0.25, 0.3) is 5.78 Å². The summed E-state index contributed by atoms with van der Waals surface area (Å²) in [7, 11) is 14.8. The molecule has 236 valence electrons. The summed E-state index contributed by atoms with van der Waals surface area (Å²) in [4.78, 5) is 42.9. The normalized spacial score (nSPS) is 9.20. The molecule has 0 atom stereocenters. The molecule has 0 fully saturated rings. The Labute approximate surface area is 283 Å². The van der Waals surface area contributed by atoms with Gasteiger partial charge in [-0.05, 0) is 86.1 Å². The highest BCUT2D eigenvalue weighted by atomic mass is 35.8. The molecule has 0 aliphatic heterocycles. The maximum absolute atomic E-state index is 11.7. The summed E-state index contributed by atoms with van der Waals surface area (Å²) in [5.41, 5.74) is 0.281. The second-order valence-corrected chi connectivity index (χ2v) is 14.7. The number of para-hydroxylation sites is 3. The van der Waals surface area contributed by atoms with Gasteiger partial charge in [0.2, 0.25) is 0 Å². The van der Waals surface area contributed by atoms with Crippen LogP contribution in [0.25, 0.3) is 0 Å². The van der Waals surface area contributed by atoms with E-state index in [4.69, 9.17) is 51.2 Å². The molecule has 0 spiro atoms. The molecular weight excluding hydrogens is 681 g/mol. The maximum Gasteiger partial charge on any atom is 0.643 e. The summed E-state index contributed by atoms with van der Waals surface area (Å²) < 4.78 is 20.0. The second-order valence-electron chi connectivity index (χ2n) is 7.96. The number of carbonyl (C=O) groups excluding carboxylic acids is 4. The predicted molar refractivity (Wildman–Crippen MR) is 178 cm³/mol. The number of carbonyl (C=O) groups is 4. The molecule has 0 amide bonds. The molecule has 0 bridgehead atoms. The maximum atomic E-state index is 11.7. The Hall–Kier alpha value is -3.55. The molecule has 0 radical (unpaired) electrons. The Bertz CT molecular complexity index is 1390.